The van der Waals surface area contributed by atoms with Crippen LogP contribution in [0.2, 0.25) is 0 Å². The fraction of sp³-hybridized carbons (Fsp3) is 0.571. The minimum Gasteiger partial charge on any atom is -0.481 e. The van der Waals surface area contributed by atoms with Gasteiger partial charge in [0.05, 0.1) is 6.42 Å². The lowest BCUT2D eigenvalue weighted by molar-refractivity contribution is -0.144. The molecule has 0 spiro atoms. The zero-order chi connectivity index (χ0) is 20.0. The molecule has 0 bridgehead atoms. The number of carbonyl (C=O) groups excluding carboxylic acids is 2. The van der Waals surface area contributed by atoms with E-state index in [0.29, 0.717) is 19.5 Å². The molecule has 0 aliphatic heterocycles. The molecule has 2 N–H and O–H groups in total. The Kier molecular flexibility index (Phi) is 6.99. The number of rotatable bonds is 9. The van der Waals surface area contributed by atoms with Crippen molar-refractivity contribution in [1.82, 2.24) is 10.2 Å². The molecule has 2 rings (SSSR count). The molecule has 1 aromatic carbocycles. The minimum absolute atomic E-state index is 0.0502. The van der Waals surface area contributed by atoms with Gasteiger partial charge in [-0.05, 0) is 36.2 Å². The van der Waals surface area contributed by atoms with E-state index in [-0.39, 0.29) is 23.7 Å². The third-order valence-corrected chi connectivity index (χ3v) is 4.97. The number of aliphatic carboxylic acids is 1. The van der Waals surface area contributed by atoms with Gasteiger partial charge >= 0.3 is 12.0 Å². The summed E-state index contributed by atoms with van der Waals surface area (Å²) in [5.41, 5.74) is 0.894. The molecule has 27 heavy (non-hydrogen) atoms. The lowest BCUT2D eigenvalue weighted by atomic mass is 9.92. The summed E-state index contributed by atoms with van der Waals surface area (Å²) >= 11 is 0. The highest BCUT2D eigenvalue weighted by atomic mass is 16.4. The summed E-state index contributed by atoms with van der Waals surface area (Å²) in [5.74, 6) is -1.92. The van der Waals surface area contributed by atoms with Gasteiger partial charge in [0.15, 0.2) is 0 Å². The number of carboxylic acid groups (broad SMARTS) is 1. The van der Waals surface area contributed by atoms with E-state index in [9.17, 15) is 19.5 Å². The normalized spacial score (nSPS) is 15.9. The Morgan fingerprint density at radius 2 is 1.81 bits per heavy atom. The molecule has 1 aromatic rings. The summed E-state index contributed by atoms with van der Waals surface area (Å²) in [6.45, 7) is 6.61. The number of benzene rings is 1. The summed E-state index contributed by atoms with van der Waals surface area (Å²) in [5, 5.41) is 12.0. The van der Waals surface area contributed by atoms with E-state index in [2.05, 4.69) is 5.32 Å². The second kappa shape index (κ2) is 9.02. The van der Waals surface area contributed by atoms with Crippen molar-refractivity contribution in [3.8, 4) is 0 Å². The fourth-order valence-corrected chi connectivity index (χ4v) is 3.14. The largest absolute Gasteiger partial charge is 0.481 e. The average Bonchev–Trinajstić information content (AvgIpc) is 3.34. The van der Waals surface area contributed by atoms with Gasteiger partial charge in [0.2, 0.25) is 5.91 Å². The van der Waals surface area contributed by atoms with Gasteiger partial charge in [0.1, 0.15) is 0 Å². The van der Waals surface area contributed by atoms with Gasteiger partial charge < -0.3 is 10.4 Å². The Bertz CT molecular complexity index is 668. The fourth-order valence-electron chi connectivity index (χ4n) is 3.14. The van der Waals surface area contributed by atoms with E-state index in [1.807, 2.05) is 51.1 Å². The van der Waals surface area contributed by atoms with Crippen molar-refractivity contribution < 1.29 is 19.5 Å². The van der Waals surface area contributed by atoms with E-state index in [1.165, 1.54) is 4.90 Å². The first-order valence-electron chi connectivity index (χ1n) is 9.55. The lowest BCUT2D eigenvalue weighted by Crippen LogP contribution is -2.48. The zero-order valence-electron chi connectivity index (χ0n) is 16.4. The Balaban J connectivity index is 2.11. The Morgan fingerprint density at radius 1 is 1.19 bits per heavy atom. The summed E-state index contributed by atoms with van der Waals surface area (Å²) in [7, 11) is 0. The maximum Gasteiger partial charge on any atom is 0.324 e. The third-order valence-electron chi connectivity index (χ3n) is 4.97. The van der Waals surface area contributed by atoms with Gasteiger partial charge in [-0.3, -0.25) is 14.5 Å². The van der Waals surface area contributed by atoms with E-state index in [4.69, 9.17) is 0 Å². The minimum atomic E-state index is -1.02. The van der Waals surface area contributed by atoms with Crippen LogP contribution in [-0.4, -0.2) is 34.5 Å². The number of nitrogens with one attached hydrogen (secondary N) is 1. The first-order valence-corrected chi connectivity index (χ1v) is 9.55. The number of nitrogens with zero attached hydrogens (tertiary/aromatic N) is 1. The van der Waals surface area contributed by atoms with E-state index < -0.39 is 17.9 Å². The topological polar surface area (TPSA) is 86.7 Å². The molecule has 1 saturated carbocycles. The molecule has 148 valence electrons. The number of carbonyl (C=O) groups is 3. The van der Waals surface area contributed by atoms with Crippen LogP contribution in [0.25, 0.3) is 0 Å². The zero-order valence-corrected chi connectivity index (χ0v) is 16.4. The number of urea groups is 1. The highest BCUT2D eigenvalue weighted by Crippen LogP contribution is 2.45. The molecule has 1 fully saturated rings. The maximum atomic E-state index is 13.1. The van der Waals surface area contributed by atoms with Crippen LogP contribution in [0.5, 0.6) is 0 Å². The van der Waals surface area contributed by atoms with E-state index in [0.717, 1.165) is 18.4 Å². The molecule has 1 aliphatic rings. The molecular weight excluding hydrogens is 344 g/mol. The lowest BCUT2D eigenvalue weighted by Gasteiger charge is -2.28. The molecule has 0 unspecified atom stereocenters. The first kappa shape index (κ1) is 20.9. The van der Waals surface area contributed by atoms with Crippen LogP contribution in [0.1, 0.15) is 52.0 Å². The van der Waals surface area contributed by atoms with Gasteiger partial charge in [-0.2, -0.15) is 0 Å². The van der Waals surface area contributed by atoms with Gasteiger partial charge in [-0.1, -0.05) is 51.1 Å². The molecule has 1 atom stereocenters. The molecule has 3 amide bonds. The van der Waals surface area contributed by atoms with E-state index >= 15 is 0 Å². The van der Waals surface area contributed by atoms with Gasteiger partial charge in [0, 0.05) is 19.0 Å². The van der Waals surface area contributed by atoms with Crippen LogP contribution in [0.15, 0.2) is 30.3 Å². The SMILES string of the molecule is CC(C)C[C@H](CC(=O)O)C(=O)N(CC1(C)CC1)C(=O)NCc1ccccc1. The number of hydrogen-bond acceptors (Lipinski definition) is 3. The van der Waals surface area contributed by atoms with Crippen LogP contribution < -0.4 is 5.32 Å². The monoisotopic (exact) mass is 374 g/mol. The standard InChI is InChI=1S/C21H30N2O4/c1-15(2)11-17(12-18(24)25)19(26)23(14-21(3)9-10-21)20(27)22-13-16-7-5-4-6-8-16/h4-8,15,17H,9-14H2,1-3H3,(H,22,27)(H,24,25)/t17-/m1/s1. The summed E-state index contributed by atoms with van der Waals surface area (Å²) in [6, 6.07) is 9.04. The number of carboxylic acids is 1. The van der Waals surface area contributed by atoms with Gasteiger partial charge in [-0.15, -0.1) is 0 Å². The van der Waals surface area contributed by atoms with Crippen molar-refractivity contribution >= 4 is 17.9 Å². The van der Waals surface area contributed by atoms with Crippen molar-refractivity contribution in [1.29, 1.82) is 0 Å². The second-order valence-corrected chi connectivity index (χ2v) is 8.30. The predicted molar refractivity (Wildman–Crippen MR) is 103 cm³/mol. The maximum absolute atomic E-state index is 13.1. The summed E-state index contributed by atoms with van der Waals surface area (Å²) in [6.07, 6.45) is 2.13. The van der Waals surface area contributed by atoms with Gasteiger partial charge in [-0.25, -0.2) is 4.79 Å². The Hall–Kier alpha value is -2.37. The van der Waals surface area contributed by atoms with Gasteiger partial charge in [0.25, 0.3) is 0 Å². The van der Waals surface area contributed by atoms with Crippen LogP contribution in [0.4, 0.5) is 4.79 Å². The second-order valence-electron chi connectivity index (χ2n) is 8.30. The van der Waals surface area contributed by atoms with Crippen LogP contribution in [0.3, 0.4) is 0 Å². The summed E-state index contributed by atoms with van der Waals surface area (Å²) in [4.78, 5) is 38.3. The number of imide groups is 1. The first-order chi connectivity index (χ1) is 12.7. The quantitative estimate of drug-likeness (QED) is 0.690. The molecule has 6 heteroatoms. The smallest absolute Gasteiger partial charge is 0.324 e. The Morgan fingerprint density at radius 3 is 2.33 bits per heavy atom. The van der Waals surface area contributed by atoms with Crippen LogP contribution >= 0.6 is 0 Å². The average molecular weight is 374 g/mol. The van der Waals surface area contributed by atoms with Crippen molar-refractivity contribution in [3.63, 3.8) is 0 Å². The van der Waals surface area contributed by atoms with E-state index in [1.54, 1.807) is 0 Å². The molecule has 1 aliphatic carbocycles. The van der Waals surface area contributed by atoms with Crippen molar-refractivity contribution in [2.24, 2.45) is 17.3 Å². The van der Waals surface area contributed by atoms with Crippen LogP contribution in [0, 0.1) is 17.3 Å². The molecule has 0 radical (unpaired) electrons. The molecule has 0 saturated heterocycles. The highest BCUT2D eigenvalue weighted by Gasteiger charge is 2.43. The molecule has 0 heterocycles. The Labute approximate surface area is 160 Å². The molecular formula is C21H30N2O4. The van der Waals surface area contributed by atoms with Crippen molar-refractivity contribution in [2.45, 2.75) is 53.0 Å². The van der Waals surface area contributed by atoms with Crippen molar-refractivity contribution in [3.05, 3.63) is 35.9 Å². The van der Waals surface area contributed by atoms with Crippen LogP contribution in [-0.2, 0) is 16.1 Å². The summed E-state index contributed by atoms with van der Waals surface area (Å²) < 4.78 is 0. The highest BCUT2D eigenvalue weighted by molar-refractivity contribution is 5.96. The number of amides is 3. The van der Waals surface area contributed by atoms with Crippen molar-refractivity contribution in [2.75, 3.05) is 6.54 Å². The molecule has 6 nitrogen and oxygen atoms in total. The third kappa shape index (κ3) is 6.70. The molecule has 0 aromatic heterocycles. The number of hydrogen-bond donors (Lipinski definition) is 2. The predicted octanol–water partition coefficient (Wildman–Crippen LogP) is 3.66.